The van der Waals surface area contributed by atoms with Gasteiger partial charge in [0.1, 0.15) is 5.75 Å². The highest BCUT2D eigenvalue weighted by atomic mass is 32.2. The Bertz CT molecular complexity index is 744. The third kappa shape index (κ3) is 6.19. The molecule has 0 radical (unpaired) electrons. The summed E-state index contributed by atoms with van der Waals surface area (Å²) in [6.07, 6.45) is 0. The molecule has 3 rings (SSSR count). The number of benzene rings is 2. The van der Waals surface area contributed by atoms with Crippen LogP contribution in [0, 0.1) is 0 Å². The van der Waals surface area contributed by atoms with E-state index >= 15 is 0 Å². The standard InChI is InChI=1S/C21H26N2O2S2/c1-23(2)14-18-6-4-3-5-17(18)13-22-20(24)15-25-19-9-7-16(8-10-19)21-26-11-12-27-21/h3-10,21H,11-15H2,1-2H3,(H,22,24). The Hall–Kier alpha value is -1.63. The van der Waals surface area contributed by atoms with Crippen molar-refractivity contribution >= 4 is 29.4 Å². The van der Waals surface area contributed by atoms with Gasteiger partial charge in [0, 0.05) is 24.6 Å². The summed E-state index contributed by atoms with van der Waals surface area (Å²) in [6.45, 7) is 1.40. The predicted octanol–water partition coefficient (Wildman–Crippen LogP) is 3.92. The summed E-state index contributed by atoms with van der Waals surface area (Å²) in [5.74, 6) is 3.05. The smallest absolute Gasteiger partial charge is 0.258 e. The fourth-order valence-corrected chi connectivity index (χ4v) is 5.75. The van der Waals surface area contributed by atoms with Crippen molar-refractivity contribution in [2.75, 3.05) is 32.2 Å². The molecule has 0 aliphatic carbocycles. The van der Waals surface area contributed by atoms with Crippen LogP contribution in [0.2, 0.25) is 0 Å². The molecule has 0 spiro atoms. The molecule has 2 aromatic rings. The van der Waals surface area contributed by atoms with Gasteiger partial charge in [0.25, 0.3) is 5.91 Å². The van der Waals surface area contributed by atoms with Crippen LogP contribution >= 0.6 is 23.5 Å². The van der Waals surface area contributed by atoms with Crippen molar-refractivity contribution in [3.05, 3.63) is 65.2 Å². The van der Waals surface area contributed by atoms with E-state index in [1.165, 1.54) is 22.6 Å². The second-order valence-corrected chi connectivity index (χ2v) is 9.44. The van der Waals surface area contributed by atoms with E-state index in [4.69, 9.17) is 4.74 Å². The SMILES string of the molecule is CN(C)Cc1ccccc1CNC(=O)COc1ccc(C2SCCS2)cc1. The van der Waals surface area contributed by atoms with Crippen molar-refractivity contribution in [2.24, 2.45) is 0 Å². The maximum Gasteiger partial charge on any atom is 0.258 e. The largest absolute Gasteiger partial charge is 0.484 e. The third-order valence-corrected chi connectivity index (χ3v) is 7.33. The third-order valence-electron chi connectivity index (χ3n) is 4.22. The highest BCUT2D eigenvalue weighted by Gasteiger charge is 2.18. The van der Waals surface area contributed by atoms with Crippen LogP contribution in [-0.4, -0.2) is 43.0 Å². The maximum atomic E-state index is 12.1. The molecule has 144 valence electrons. The molecule has 2 aromatic carbocycles. The van der Waals surface area contributed by atoms with Crippen molar-refractivity contribution < 1.29 is 9.53 Å². The first-order valence-corrected chi connectivity index (χ1v) is 11.2. The van der Waals surface area contributed by atoms with Gasteiger partial charge in [-0.15, -0.1) is 23.5 Å². The van der Waals surface area contributed by atoms with Crippen molar-refractivity contribution in [3.8, 4) is 5.75 Å². The van der Waals surface area contributed by atoms with E-state index in [9.17, 15) is 4.79 Å². The minimum atomic E-state index is -0.111. The molecule has 0 atom stereocenters. The lowest BCUT2D eigenvalue weighted by Crippen LogP contribution is -2.29. The Balaban J connectivity index is 1.46. The van der Waals surface area contributed by atoms with Gasteiger partial charge < -0.3 is 15.0 Å². The van der Waals surface area contributed by atoms with Crippen molar-refractivity contribution in [2.45, 2.75) is 17.7 Å². The van der Waals surface area contributed by atoms with Gasteiger partial charge in [-0.3, -0.25) is 4.79 Å². The second kappa shape index (κ2) is 10.1. The van der Waals surface area contributed by atoms with E-state index in [-0.39, 0.29) is 12.5 Å². The van der Waals surface area contributed by atoms with E-state index < -0.39 is 0 Å². The molecule has 27 heavy (non-hydrogen) atoms. The zero-order valence-corrected chi connectivity index (χ0v) is 17.4. The van der Waals surface area contributed by atoms with Crippen LogP contribution in [0.15, 0.2) is 48.5 Å². The average molecular weight is 403 g/mol. The molecule has 1 amide bonds. The number of nitrogens with one attached hydrogen (secondary N) is 1. The normalized spacial score (nSPS) is 14.5. The fraction of sp³-hybridized carbons (Fsp3) is 0.381. The Morgan fingerprint density at radius 1 is 1.07 bits per heavy atom. The minimum absolute atomic E-state index is 0.0299. The van der Waals surface area contributed by atoms with Crippen molar-refractivity contribution in [1.29, 1.82) is 0 Å². The predicted molar refractivity (Wildman–Crippen MR) is 115 cm³/mol. The molecule has 1 aliphatic heterocycles. The van der Waals surface area contributed by atoms with Crippen molar-refractivity contribution in [3.63, 3.8) is 0 Å². The summed E-state index contributed by atoms with van der Waals surface area (Å²) in [7, 11) is 4.08. The molecule has 0 bridgehead atoms. The summed E-state index contributed by atoms with van der Waals surface area (Å²) >= 11 is 3.97. The first-order chi connectivity index (χ1) is 13.1. The Morgan fingerprint density at radius 2 is 1.74 bits per heavy atom. The molecule has 1 heterocycles. The quantitative estimate of drug-likeness (QED) is 0.725. The summed E-state index contributed by atoms with van der Waals surface area (Å²) in [4.78, 5) is 14.3. The molecule has 0 saturated carbocycles. The van der Waals surface area contributed by atoms with E-state index in [0.717, 1.165) is 17.9 Å². The molecule has 1 fully saturated rings. The first-order valence-electron chi connectivity index (χ1n) is 9.06. The maximum absolute atomic E-state index is 12.1. The Kier molecular flexibility index (Phi) is 7.50. The highest BCUT2D eigenvalue weighted by Crippen LogP contribution is 2.45. The number of thioether (sulfide) groups is 2. The molecule has 4 nitrogen and oxygen atoms in total. The Labute approximate surface area is 170 Å². The van der Waals surface area contributed by atoms with E-state index in [0.29, 0.717) is 11.1 Å². The lowest BCUT2D eigenvalue weighted by atomic mass is 10.1. The van der Waals surface area contributed by atoms with Crippen LogP contribution in [-0.2, 0) is 17.9 Å². The molecule has 0 unspecified atom stereocenters. The second-order valence-electron chi connectivity index (χ2n) is 6.71. The first kappa shape index (κ1) is 20.1. The van der Waals surface area contributed by atoms with Gasteiger partial charge in [-0.2, -0.15) is 0 Å². The van der Waals surface area contributed by atoms with Gasteiger partial charge in [-0.25, -0.2) is 0 Å². The minimum Gasteiger partial charge on any atom is -0.484 e. The topological polar surface area (TPSA) is 41.6 Å². The number of hydrogen-bond acceptors (Lipinski definition) is 5. The van der Waals surface area contributed by atoms with Crippen LogP contribution < -0.4 is 10.1 Å². The molecule has 1 N–H and O–H groups in total. The monoisotopic (exact) mass is 402 g/mol. The van der Waals surface area contributed by atoms with Gasteiger partial charge >= 0.3 is 0 Å². The summed E-state index contributed by atoms with van der Waals surface area (Å²) in [5.41, 5.74) is 3.68. The van der Waals surface area contributed by atoms with Crippen LogP contribution in [0.1, 0.15) is 21.3 Å². The summed E-state index contributed by atoms with van der Waals surface area (Å²) in [6, 6.07) is 16.3. The van der Waals surface area contributed by atoms with E-state index in [1.807, 2.05) is 61.9 Å². The van der Waals surface area contributed by atoms with Crippen LogP contribution in [0.3, 0.4) is 0 Å². The van der Waals surface area contributed by atoms with Gasteiger partial charge in [0.2, 0.25) is 0 Å². The zero-order valence-electron chi connectivity index (χ0n) is 15.8. The molecular weight excluding hydrogens is 376 g/mol. The van der Waals surface area contributed by atoms with Gasteiger partial charge in [0.05, 0.1) is 4.58 Å². The fourth-order valence-electron chi connectivity index (χ4n) is 2.89. The van der Waals surface area contributed by atoms with Crippen molar-refractivity contribution in [1.82, 2.24) is 10.2 Å². The number of carbonyl (C=O) groups excluding carboxylic acids is 1. The van der Waals surface area contributed by atoms with Crippen LogP contribution in [0.25, 0.3) is 0 Å². The summed E-state index contributed by atoms with van der Waals surface area (Å²) in [5, 5.41) is 2.95. The summed E-state index contributed by atoms with van der Waals surface area (Å²) < 4.78 is 6.17. The molecule has 0 aromatic heterocycles. The van der Waals surface area contributed by atoms with Gasteiger partial charge in [0.15, 0.2) is 6.61 Å². The van der Waals surface area contributed by atoms with Gasteiger partial charge in [-0.1, -0.05) is 36.4 Å². The number of hydrogen-bond donors (Lipinski definition) is 1. The lowest BCUT2D eigenvalue weighted by Gasteiger charge is -2.15. The highest BCUT2D eigenvalue weighted by molar-refractivity contribution is 8.19. The zero-order chi connectivity index (χ0) is 19.1. The van der Waals surface area contributed by atoms with E-state index in [1.54, 1.807) is 0 Å². The van der Waals surface area contributed by atoms with E-state index in [2.05, 4.69) is 34.5 Å². The number of rotatable bonds is 8. The van der Waals surface area contributed by atoms with Crippen LogP contribution in [0.4, 0.5) is 0 Å². The number of amides is 1. The molecular formula is C21H26N2O2S2. The number of nitrogens with zero attached hydrogens (tertiary/aromatic N) is 1. The molecule has 1 aliphatic rings. The Morgan fingerprint density at radius 3 is 2.41 bits per heavy atom. The average Bonchev–Trinajstić information content (AvgIpc) is 3.20. The molecule has 6 heteroatoms. The van der Waals surface area contributed by atoms with Gasteiger partial charge in [-0.05, 0) is 42.9 Å². The molecule has 1 saturated heterocycles. The van der Waals surface area contributed by atoms with Crippen LogP contribution in [0.5, 0.6) is 5.75 Å². The lowest BCUT2D eigenvalue weighted by molar-refractivity contribution is -0.123. The number of carbonyl (C=O) groups is 1. The number of ether oxygens (including phenoxy) is 1.